The van der Waals surface area contributed by atoms with Crippen LogP contribution in [-0.2, 0) is 0 Å². The van der Waals surface area contributed by atoms with E-state index in [0.29, 0.717) is 17.0 Å². The minimum absolute atomic E-state index is 0.182. The third-order valence-corrected chi connectivity index (χ3v) is 4.57. The molecule has 2 N–H and O–H groups in total. The fourth-order valence-corrected chi connectivity index (χ4v) is 3.17. The van der Waals surface area contributed by atoms with E-state index in [1.54, 1.807) is 18.0 Å². The van der Waals surface area contributed by atoms with Crippen molar-refractivity contribution in [3.8, 4) is 0 Å². The number of alkyl halides is 2. The lowest BCUT2D eigenvalue weighted by atomic mass is 10.1. The molecule has 0 saturated carbocycles. The second-order valence-electron chi connectivity index (χ2n) is 6.66. The van der Waals surface area contributed by atoms with Crippen LogP contribution in [0.2, 0.25) is 0 Å². The lowest BCUT2D eigenvalue weighted by Gasteiger charge is -2.33. The number of pyridine rings is 1. The van der Waals surface area contributed by atoms with Crippen LogP contribution < -0.4 is 16.2 Å². The van der Waals surface area contributed by atoms with Gasteiger partial charge in [0.05, 0.1) is 5.56 Å². The average molecular weight is 336 g/mol. The molecule has 1 fully saturated rings. The maximum absolute atomic E-state index is 13.4. The second kappa shape index (κ2) is 5.81. The first kappa shape index (κ1) is 16.8. The number of aryl methyl sites for hydroxylation is 1. The molecule has 24 heavy (non-hydrogen) atoms. The van der Waals surface area contributed by atoms with Crippen molar-refractivity contribution < 1.29 is 8.78 Å². The number of anilines is 1. The Morgan fingerprint density at radius 1 is 1.29 bits per heavy atom. The Hall–Kier alpha value is -2.02. The summed E-state index contributed by atoms with van der Waals surface area (Å²) in [4.78, 5) is 19.2. The third-order valence-electron chi connectivity index (χ3n) is 4.57. The maximum Gasteiger partial charge on any atom is 0.262 e. The van der Waals surface area contributed by atoms with E-state index in [2.05, 4.69) is 4.98 Å². The zero-order valence-corrected chi connectivity index (χ0v) is 14.1. The highest BCUT2D eigenvalue weighted by Crippen LogP contribution is 2.31. The molecule has 0 bridgehead atoms. The summed E-state index contributed by atoms with van der Waals surface area (Å²) in [6.45, 7) is 5.80. The predicted molar refractivity (Wildman–Crippen MR) is 89.9 cm³/mol. The lowest BCUT2D eigenvalue weighted by molar-refractivity contribution is -0.0221. The molecule has 0 unspecified atom stereocenters. The van der Waals surface area contributed by atoms with Gasteiger partial charge in [-0.1, -0.05) is 0 Å². The molecule has 1 aliphatic heterocycles. The van der Waals surface area contributed by atoms with E-state index in [1.807, 2.05) is 19.9 Å². The van der Waals surface area contributed by atoms with Gasteiger partial charge >= 0.3 is 0 Å². The molecule has 2 aromatic rings. The average Bonchev–Trinajstić information content (AvgIpc) is 2.51. The molecule has 5 nitrogen and oxygen atoms in total. The Morgan fingerprint density at radius 3 is 2.50 bits per heavy atom. The van der Waals surface area contributed by atoms with Crippen LogP contribution in [-0.4, -0.2) is 28.4 Å². The van der Waals surface area contributed by atoms with Gasteiger partial charge in [0.15, 0.2) is 0 Å². The molecule has 1 aliphatic rings. The van der Waals surface area contributed by atoms with Gasteiger partial charge in [0.25, 0.3) is 11.5 Å². The van der Waals surface area contributed by atoms with Crippen LogP contribution in [0.3, 0.4) is 0 Å². The van der Waals surface area contributed by atoms with E-state index in [0.717, 1.165) is 11.1 Å². The van der Waals surface area contributed by atoms with Gasteiger partial charge in [0.1, 0.15) is 11.5 Å². The van der Waals surface area contributed by atoms with Gasteiger partial charge in [0, 0.05) is 43.7 Å². The van der Waals surface area contributed by atoms with Crippen molar-refractivity contribution in [2.45, 2.75) is 45.6 Å². The number of hydrogen-bond acceptors (Lipinski definition) is 4. The topological polar surface area (TPSA) is 63.6 Å². The van der Waals surface area contributed by atoms with Crippen molar-refractivity contribution in [1.82, 2.24) is 9.38 Å². The van der Waals surface area contributed by atoms with Crippen molar-refractivity contribution in [3.05, 3.63) is 39.3 Å². The van der Waals surface area contributed by atoms with Crippen LogP contribution in [0.25, 0.3) is 5.65 Å². The van der Waals surface area contributed by atoms with Crippen molar-refractivity contribution in [3.63, 3.8) is 0 Å². The van der Waals surface area contributed by atoms with Crippen LogP contribution in [0.15, 0.2) is 17.1 Å². The van der Waals surface area contributed by atoms with Gasteiger partial charge in [-0.3, -0.25) is 9.20 Å². The second-order valence-corrected chi connectivity index (χ2v) is 6.66. The predicted octanol–water partition coefficient (Wildman–Crippen LogP) is 2.57. The zero-order chi connectivity index (χ0) is 17.6. The van der Waals surface area contributed by atoms with E-state index in [4.69, 9.17) is 5.73 Å². The maximum atomic E-state index is 13.4. The summed E-state index contributed by atoms with van der Waals surface area (Å²) in [7, 11) is 0. The fraction of sp³-hybridized carbons (Fsp3) is 0.529. The normalized spacial score (nSPS) is 18.8. The van der Waals surface area contributed by atoms with E-state index in [-0.39, 0.29) is 37.5 Å². The number of piperidine rings is 1. The Morgan fingerprint density at radius 2 is 1.92 bits per heavy atom. The molecule has 0 aromatic carbocycles. The van der Waals surface area contributed by atoms with E-state index in [9.17, 15) is 13.6 Å². The molecule has 0 radical (unpaired) electrons. The molecule has 0 spiro atoms. The minimum Gasteiger partial charge on any atom is -0.356 e. The number of fused-ring (bicyclic) bond motifs is 1. The highest BCUT2D eigenvalue weighted by Gasteiger charge is 2.35. The first-order valence-electron chi connectivity index (χ1n) is 8.11. The van der Waals surface area contributed by atoms with Crippen molar-refractivity contribution in [1.29, 1.82) is 0 Å². The zero-order valence-electron chi connectivity index (χ0n) is 14.1. The van der Waals surface area contributed by atoms with Crippen molar-refractivity contribution in [2.75, 3.05) is 18.0 Å². The smallest absolute Gasteiger partial charge is 0.262 e. The van der Waals surface area contributed by atoms with Crippen LogP contribution >= 0.6 is 0 Å². The van der Waals surface area contributed by atoms with Gasteiger partial charge in [0.2, 0.25) is 0 Å². The summed E-state index contributed by atoms with van der Waals surface area (Å²) in [6.07, 6.45) is 1.29. The number of nitrogens with two attached hydrogens (primary N) is 1. The summed E-state index contributed by atoms with van der Waals surface area (Å²) in [5.41, 5.74) is 8.51. The Labute approximate surface area is 139 Å². The van der Waals surface area contributed by atoms with Crippen LogP contribution in [0.5, 0.6) is 0 Å². The number of nitrogens with zero attached hydrogens (tertiary/aromatic N) is 3. The third kappa shape index (κ3) is 2.88. The first-order valence-corrected chi connectivity index (χ1v) is 8.11. The molecule has 1 saturated heterocycles. The largest absolute Gasteiger partial charge is 0.356 e. The minimum atomic E-state index is -2.63. The van der Waals surface area contributed by atoms with Crippen molar-refractivity contribution in [2.24, 2.45) is 5.73 Å². The standard InChI is InChI=1S/C17H22F2N4O/c1-10-8-13(12(3)20)15-21-14(11(2)16(24)23(15)9-10)22-6-4-17(18,19)5-7-22/h8-9,12H,4-7,20H2,1-3H3/t12-/m1/s1. The van der Waals surface area contributed by atoms with Gasteiger partial charge in [-0.15, -0.1) is 0 Å². The van der Waals surface area contributed by atoms with E-state index >= 15 is 0 Å². The summed E-state index contributed by atoms with van der Waals surface area (Å²) < 4.78 is 28.3. The lowest BCUT2D eigenvalue weighted by Crippen LogP contribution is -2.41. The Balaban J connectivity index is 2.17. The quantitative estimate of drug-likeness (QED) is 0.915. The molecule has 1 atom stereocenters. The van der Waals surface area contributed by atoms with Crippen LogP contribution in [0, 0.1) is 13.8 Å². The van der Waals surface area contributed by atoms with Crippen molar-refractivity contribution >= 4 is 11.5 Å². The number of hydrogen-bond donors (Lipinski definition) is 1. The fourth-order valence-electron chi connectivity index (χ4n) is 3.17. The van der Waals surface area contributed by atoms with Crippen LogP contribution in [0.4, 0.5) is 14.6 Å². The summed E-state index contributed by atoms with van der Waals surface area (Å²) in [5.74, 6) is -2.15. The number of halogens is 2. The Bertz CT molecular complexity index is 835. The van der Waals surface area contributed by atoms with Gasteiger partial charge in [-0.25, -0.2) is 13.8 Å². The molecular formula is C17H22F2N4O. The summed E-state index contributed by atoms with van der Waals surface area (Å²) in [5, 5.41) is 0. The number of aromatic nitrogens is 2. The summed E-state index contributed by atoms with van der Waals surface area (Å²) in [6, 6.07) is 1.63. The van der Waals surface area contributed by atoms with Gasteiger partial charge in [-0.2, -0.15) is 0 Å². The van der Waals surface area contributed by atoms with E-state index in [1.165, 1.54) is 4.40 Å². The highest BCUT2D eigenvalue weighted by atomic mass is 19.3. The van der Waals surface area contributed by atoms with Crippen LogP contribution in [0.1, 0.15) is 42.5 Å². The van der Waals surface area contributed by atoms with Gasteiger partial charge < -0.3 is 10.6 Å². The monoisotopic (exact) mass is 336 g/mol. The molecule has 3 heterocycles. The Kier molecular flexibility index (Phi) is 4.07. The molecule has 130 valence electrons. The molecule has 7 heteroatoms. The SMILES string of the molecule is Cc1cc([C@@H](C)N)c2nc(N3CCC(F)(F)CC3)c(C)c(=O)n2c1. The summed E-state index contributed by atoms with van der Waals surface area (Å²) >= 11 is 0. The molecular weight excluding hydrogens is 314 g/mol. The van der Waals surface area contributed by atoms with E-state index < -0.39 is 5.92 Å². The molecule has 2 aromatic heterocycles. The molecule has 0 amide bonds. The van der Waals surface area contributed by atoms with Gasteiger partial charge in [-0.05, 0) is 32.4 Å². The first-order chi connectivity index (χ1) is 11.2. The highest BCUT2D eigenvalue weighted by molar-refractivity contribution is 5.58. The molecule has 3 rings (SSSR count). The number of rotatable bonds is 2. The molecule has 0 aliphatic carbocycles.